The zero-order valence-corrected chi connectivity index (χ0v) is 10.7. The minimum absolute atomic E-state index is 0.607. The van der Waals surface area contributed by atoms with E-state index in [0.717, 1.165) is 19.6 Å². The molecule has 3 nitrogen and oxygen atoms in total. The fourth-order valence-electron chi connectivity index (χ4n) is 2.28. The molecular formula is C14H21N3. The van der Waals surface area contributed by atoms with E-state index in [9.17, 15) is 0 Å². The zero-order valence-electron chi connectivity index (χ0n) is 10.7. The second-order valence-corrected chi connectivity index (χ2v) is 4.26. The van der Waals surface area contributed by atoms with Crippen LogP contribution in [0.5, 0.6) is 0 Å². The Bertz CT molecular complexity index is 499. The van der Waals surface area contributed by atoms with Crippen molar-refractivity contribution in [3.05, 3.63) is 35.5 Å². The van der Waals surface area contributed by atoms with Gasteiger partial charge in [-0.15, -0.1) is 0 Å². The van der Waals surface area contributed by atoms with Crippen molar-refractivity contribution in [2.24, 2.45) is 5.73 Å². The second kappa shape index (κ2) is 5.34. The molecule has 0 fully saturated rings. The molecule has 17 heavy (non-hydrogen) atoms. The summed E-state index contributed by atoms with van der Waals surface area (Å²) in [6.07, 6.45) is 0. The molecule has 0 unspecified atom stereocenters. The average molecular weight is 231 g/mol. The monoisotopic (exact) mass is 231 g/mol. The maximum absolute atomic E-state index is 5.68. The summed E-state index contributed by atoms with van der Waals surface area (Å²) in [5, 5.41) is 4.68. The summed E-state index contributed by atoms with van der Waals surface area (Å²) in [7, 11) is 0. The molecule has 0 aliphatic carbocycles. The van der Waals surface area contributed by atoms with Crippen LogP contribution in [0.15, 0.2) is 24.3 Å². The van der Waals surface area contributed by atoms with Crippen molar-refractivity contribution in [1.29, 1.82) is 0 Å². The van der Waals surface area contributed by atoms with Gasteiger partial charge in [-0.05, 0) is 37.2 Å². The maximum Gasteiger partial charge on any atom is 0.0483 e. The predicted octanol–water partition coefficient (Wildman–Crippen LogP) is 2.23. The molecule has 3 N–H and O–H groups in total. The summed E-state index contributed by atoms with van der Waals surface area (Å²) in [4.78, 5) is 0. The van der Waals surface area contributed by atoms with Crippen LogP contribution in [0, 0.1) is 0 Å². The van der Waals surface area contributed by atoms with E-state index in [1.54, 1.807) is 0 Å². The normalized spacial score (nSPS) is 11.2. The van der Waals surface area contributed by atoms with Gasteiger partial charge in [0.2, 0.25) is 0 Å². The number of nitrogens with zero attached hydrogens (tertiary/aromatic N) is 1. The summed E-state index contributed by atoms with van der Waals surface area (Å²) in [5.74, 6) is 0. The first-order valence-electron chi connectivity index (χ1n) is 6.32. The Kier molecular flexibility index (Phi) is 3.82. The molecule has 0 spiro atoms. The number of rotatable bonds is 5. The topological polar surface area (TPSA) is 43.0 Å². The summed E-state index contributed by atoms with van der Waals surface area (Å²) in [6, 6.07) is 8.75. The molecule has 0 saturated heterocycles. The van der Waals surface area contributed by atoms with Crippen molar-refractivity contribution in [3.63, 3.8) is 0 Å². The second-order valence-electron chi connectivity index (χ2n) is 4.26. The van der Waals surface area contributed by atoms with E-state index in [2.05, 4.69) is 48.0 Å². The van der Waals surface area contributed by atoms with Crippen molar-refractivity contribution in [2.45, 2.75) is 33.5 Å². The van der Waals surface area contributed by atoms with Crippen LogP contribution in [0.25, 0.3) is 10.9 Å². The van der Waals surface area contributed by atoms with Gasteiger partial charge in [0.25, 0.3) is 0 Å². The van der Waals surface area contributed by atoms with Crippen LogP contribution in [-0.2, 0) is 19.6 Å². The number of benzene rings is 1. The minimum Gasteiger partial charge on any atom is -0.344 e. The molecule has 92 valence electrons. The van der Waals surface area contributed by atoms with E-state index in [1.165, 1.54) is 22.2 Å². The summed E-state index contributed by atoms with van der Waals surface area (Å²) >= 11 is 0. The molecule has 0 atom stereocenters. The molecule has 2 rings (SSSR count). The Labute approximate surface area is 103 Å². The smallest absolute Gasteiger partial charge is 0.0483 e. The maximum atomic E-state index is 5.68. The van der Waals surface area contributed by atoms with E-state index in [1.807, 2.05) is 0 Å². The SMILES string of the molecule is CCNCc1cc2cc(CN)ccc2n1CC. The van der Waals surface area contributed by atoms with Gasteiger partial charge in [-0.3, -0.25) is 0 Å². The number of hydrogen-bond acceptors (Lipinski definition) is 2. The fraction of sp³-hybridized carbons (Fsp3) is 0.429. The van der Waals surface area contributed by atoms with Gasteiger partial charge in [-0.25, -0.2) is 0 Å². The Morgan fingerprint density at radius 2 is 2.06 bits per heavy atom. The third kappa shape index (κ3) is 2.35. The first kappa shape index (κ1) is 12.1. The van der Waals surface area contributed by atoms with Crippen LogP contribution in [-0.4, -0.2) is 11.1 Å². The van der Waals surface area contributed by atoms with E-state index < -0.39 is 0 Å². The fourth-order valence-corrected chi connectivity index (χ4v) is 2.28. The lowest BCUT2D eigenvalue weighted by molar-refractivity contribution is 0.656. The Hall–Kier alpha value is -1.32. The van der Waals surface area contributed by atoms with Crippen LogP contribution >= 0.6 is 0 Å². The Balaban J connectivity index is 2.46. The standard InChI is InChI=1S/C14H21N3/c1-3-16-10-13-8-12-7-11(9-15)5-6-14(12)17(13)4-2/h5-8,16H,3-4,9-10,15H2,1-2H3. The largest absolute Gasteiger partial charge is 0.344 e. The predicted molar refractivity (Wildman–Crippen MR) is 72.9 cm³/mol. The zero-order chi connectivity index (χ0) is 12.3. The van der Waals surface area contributed by atoms with E-state index >= 15 is 0 Å². The third-order valence-corrected chi connectivity index (χ3v) is 3.16. The molecule has 3 heteroatoms. The molecule has 0 radical (unpaired) electrons. The van der Waals surface area contributed by atoms with Gasteiger partial charge in [-0.1, -0.05) is 13.0 Å². The van der Waals surface area contributed by atoms with Crippen molar-refractivity contribution in [1.82, 2.24) is 9.88 Å². The minimum atomic E-state index is 0.607. The molecule has 1 aromatic heterocycles. The van der Waals surface area contributed by atoms with E-state index in [4.69, 9.17) is 5.73 Å². The highest BCUT2D eigenvalue weighted by Crippen LogP contribution is 2.21. The van der Waals surface area contributed by atoms with Gasteiger partial charge in [0.05, 0.1) is 0 Å². The van der Waals surface area contributed by atoms with Crippen molar-refractivity contribution in [2.75, 3.05) is 6.54 Å². The number of fused-ring (bicyclic) bond motifs is 1. The van der Waals surface area contributed by atoms with Gasteiger partial charge in [-0.2, -0.15) is 0 Å². The quantitative estimate of drug-likeness (QED) is 0.828. The van der Waals surface area contributed by atoms with Crippen molar-refractivity contribution < 1.29 is 0 Å². The average Bonchev–Trinajstić information content (AvgIpc) is 2.72. The number of nitrogens with one attached hydrogen (secondary N) is 1. The van der Waals surface area contributed by atoms with E-state index in [-0.39, 0.29) is 0 Å². The molecule has 1 heterocycles. The number of hydrogen-bond donors (Lipinski definition) is 2. The first-order chi connectivity index (χ1) is 8.30. The van der Waals surface area contributed by atoms with Crippen LogP contribution in [0.3, 0.4) is 0 Å². The highest BCUT2D eigenvalue weighted by Gasteiger charge is 2.07. The molecule has 0 aliphatic rings. The van der Waals surface area contributed by atoms with Crippen LogP contribution < -0.4 is 11.1 Å². The van der Waals surface area contributed by atoms with Crippen molar-refractivity contribution >= 4 is 10.9 Å². The van der Waals surface area contributed by atoms with Gasteiger partial charge >= 0.3 is 0 Å². The lowest BCUT2D eigenvalue weighted by atomic mass is 10.1. The molecule has 1 aromatic carbocycles. The van der Waals surface area contributed by atoms with E-state index in [0.29, 0.717) is 6.54 Å². The third-order valence-electron chi connectivity index (χ3n) is 3.16. The Morgan fingerprint density at radius 1 is 1.24 bits per heavy atom. The summed E-state index contributed by atoms with van der Waals surface area (Å²) in [5.41, 5.74) is 9.52. The van der Waals surface area contributed by atoms with Gasteiger partial charge in [0.15, 0.2) is 0 Å². The molecule has 2 aromatic rings. The van der Waals surface area contributed by atoms with Gasteiger partial charge < -0.3 is 15.6 Å². The highest BCUT2D eigenvalue weighted by molar-refractivity contribution is 5.82. The first-order valence-corrected chi connectivity index (χ1v) is 6.32. The number of nitrogens with two attached hydrogens (primary N) is 1. The lowest BCUT2D eigenvalue weighted by Crippen LogP contribution is -2.14. The molecule has 0 saturated carbocycles. The highest BCUT2D eigenvalue weighted by atomic mass is 15.0. The molecular weight excluding hydrogens is 210 g/mol. The number of aryl methyl sites for hydroxylation is 1. The Morgan fingerprint density at radius 3 is 2.71 bits per heavy atom. The summed E-state index contributed by atoms with van der Waals surface area (Å²) < 4.78 is 2.36. The van der Waals surface area contributed by atoms with Crippen LogP contribution in [0.2, 0.25) is 0 Å². The number of aromatic nitrogens is 1. The molecule has 0 bridgehead atoms. The van der Waals surface area contributed by atoms with Gasteiger partial charge in [0, 0.05) is 36.2 Å². The summed E-state index contributed by atoms with van der Waals surface area (Å²) in [6.45, 7) is 7.86. The van der Waals surface area contributed by atoms with Crippen LogP contribution in [0.4, 0.5) is 0 Å². The van der Waals surface area contributed by atoms with Crippen LogP contribution in [0.1, 0.15) is 25.1 Å². The van der Waals surface area contributed by atoms with Gasteiger partial charge in [0.1, 0.15) is 0 Å². The van der Waals surface area contributed by atoms with Crippen molar-refractivity contribution in [3.8, 4) is 0 Å². The molecule has 0 amide bonds. The molecule has 0 aliphatic heterocycles. The lowest BCUT2D eigenvalue weighted by Gasteiger charge is -2.08.